The summed E-state index contributed by atoms with van der Waals surface area (Å²) in [6.07, 6.45) is 19.9. The van der Waals surface area contributed by atoms with Crippen molar-refractivity contribution < 1.29 is 29.4 Å². The van der Waals surface area contributed by atoms with E-state index in [-0.39, 0.29) is 48.9 Å². The molecule has 0 spiro atoms. The van der Waals surface area contributed by atoms with Gasteiger partial charge in [0.25, 0.3) is 0 Å². The van der Waals surface area contributed by atoms with Crippen LogP contribution < -0.4 is 0 Å². The Morgan fingerprint density at radius 1 is 0.414 bits per heavy atom. The third kappa shape index (κ3) is 117. The van der Waals surface area contributed by atoms with Crippen LogP contribution >= 0.6 is 13.4 Å². The summed E-state index contributed by atoms with van der Waals surface area (Å²) in [6.45, 7) is 1.44. The normalized spacial score (nSPS) is 10.3. The maximum absolute atomic E-state index is 7.56. The van der Waals surface area contributed by atoms with Crippen molar-refractivity contribution >= 4 is 85.9 Å². The van der Waals surface area contributed by atoms with Crippen LogP contribution in [0.1, 0.15) is 118 Å². The SMILES string of the molecule is CCCCCCCCC.CCCCCCCCC.OP(O)(O)=S.OP(O)(O)=S.[BaH2]. The fraction of sp³-hybridized carbons (Fsp3) is 1.00. The Labute approximate surface area is 230 Å². The zero-order valence-electron chi connectivity index (χ0n) is 18.3. The molecule has 0 aliphatic heterocycles. The van der Waals surface area contributed by atoms with E-state index >= 15 is 0 Å². The van der Waals surface area contributed by atoms with Gasteiger partial charge >= 0.3 is 62.3 Å². The van der Waals surface area contributed by atoms with Crippen molar-refractivity contribution in [3.63, 3.8) is 0 Å². The zero-order valence-corrected chi connectivity index (χ0v) is 21.7. The predicted octanol–water partition coefficient (Wildman–Crippen LogP) is 4.97. The second-order valence-electron chi connectivity index (χ2n) is 6.56. The van der Waals surface area contributed by atoms with Gasteiger partial charge in [-0.1, -0.05) is 118 Å². The van der Waals surface area contributed by atoms with Gasteiger partial charge in [0.05, 0.1) is 0 Å². The molecule has 0 heterocycles. The van der Waals surface area contributed by atoms with Gasteiger partial charge in [-0.15, -0.1) is 0 Å². The van der Waals surface area contributed by atoms with Crippen LogP contribution in [0.5, 0.6) is 0 Å². The molecule has 0 aromatic heterocycles. The molecule has 29 heavy (non-hydrogen) atoms. The van der Waals surface area contributed by atoms with Crippen molar-refractivity contribution in [2.24, 2.45) is 0 Å². The topological polar surface area (TPSA) is 121 Å². The molecule has 0 radical (unpaired) electrons. The van der Waals surface area contributed by atoms with Crippen LogP contribution in [0.4, 0.5) is 0 Å². The van der Waals surface area contributed by atoms with Crippen molar-refractivity contribution in [2.75, 3.05) is 0 Å². The second-order valence-corrected chi connectivity index (χ2v) is 11.6. The number of hydrogen-bond acceptors (Lipinski definition) is 2. The van der Waals surface area contributed by atoms with Crippen molar-refractivity contribution in [2.45, 2.75) is 118 Å². The molecule has 0 rings (SSSR count). The summed E-state index contributed by atoms with van der Waals surface area (Å²) in [4.78, 5) is 45.3. The molecule has 11 heteroatoms. The quantitative estimate of drug-likeness (QED) is 0.102. The molecule has 0 aliphatic carbocycles. The van der Waals surface area contributed by atoms with E-state index in [0.29, 0.717) is 0 Å². The minimum atomic E-state index is -3.81. The summed E-state index contributed by atoms with van der Waals surface area (Å²) in [5.74, 6) is 0. The van der Waals surface area contributed by atoms with E-state index < -0.39 is 13.4 Å². The Kier molecular flexibility index (Phi) is 47.3. The van der Waals surface area contributed by atoms with E-state index in [0.717, 1.165) is 0 Å². The van der Waals surface area contributed by atoms with E-state index in [2.05, 4.69) is 51.3 Å². The summed E-state index contributed by atoms with van der Waals surface area (Å²) in [6, 6.07) is 0. The molecule has 0 aromatic rings. The van der Waals surface area contributed by atoms with Crippen molar-refractivity contribution in [3.05, 3.63) is 0 Å². The first kappa shape index (κ1) is 41.8. The van der Waals surface area contributed by atoms with Crippen molar-refractivity contribution in [1.29, 1.82) is 0 Å². The van der Waals surface area contributed by atoms with Crippen LogP contribution in [0.3, 0.4) is 0 Å². The Morgan fingerprint density at radius 3 is 0.621 bits per heavy atom. The van der Waals surface area contributed by atoms with Crippen LogP contribution in [0, 0.1) is 0 Å². The number of hydrogen-bond donors (Lipinski definition) is 6. The number of unbranched alkanes of at least 4 members (excludes halogenated alkanes) is 12. The van der Waals surface area contributed by atoms with Gasteiger partial charge in [0.1, 0.15) is 0 Å². The van der Waals surface area contributed by atoms with Gasteiger partial charge in [-0.25, -0.2) is 0 Å². The molecule has 0 aliphatic rings. The van der Waals surface area contributed by atoms with E-state index in [1.165, 1.54) is 89.9 Å². The molecule has 0 saturated carbocycles. The first-order chi connectivity index (χ1) is 12.8. The van der Waals surface area contributed by atoms with Crippen molar-refractivity contribution in [3.8, 4) is 0 Å². The zero-order chi connectivity index (χ0) is 22.9. The van der Waals surface area contributed by atoms with Crippen molar-refractivity contribution in [1.82, 2.24) is 0 Å². The summed E-state index contributed by atoms with van der Waals surface area (Å²) in [7, 11) is 0. The predicted molar refractivity (Wildman–Crippen MR) is 138 cm³/mol. The van der Waals surface area contributed by atoms with Crippen LogP contribution in [-0.4, -0.2) is 78.2 Å². The van der Waals surface area contributed by atoms with E-state index in [1.54, 1.807) is 0 Å². The molecule has 6 nitrogen and oxygen atoms in total. The Bertz CT molecular complexity index is 306. The monoisotopic (exact) mass is 624 g/mol. The second kappa shape index (κ2) is 32.8. The molecule has 180 valence electrons. The Hall–Kier alpha value is 2.63. The fourth-order valence-corrected chi connectivity index (χ4v) is 2.06. The van der Waals surface area contributed by atoms with Gasteiger partial charge in [0, 0.05) is 0 Å². The van der Waals surface area contributed by atoms with Gasteiger partial charge in [0.15, 0.2) is 0 Å². The third-order valence-electron chi connectivity index (χ3n) is 3.41. The summed E-state index contributed by atoms with van der Waals surface area (Å²) in [5, 5.41) is 0. The third-order valence-corrected chi connectivity index (χ3v) is 3.41. The molecule has 0 amide bonds. The Balaban J connectivity index is -0.0000000907. The summed E-state index contributed by atoms with van der Waals surface area (Å²) < 4.78 is 0. The maximum atomic E-state index is 7.56. The molecule has 0 aromatic carbocycles. The molecule has 0 bridgehead atoms. The van der Waals surface area contributed by atoms with Crippen LogP contribution in [0.15, 0.2) is 0 Å². The fourth-order valence-electron chi connectivity index (χ4n) is 2.06. The van der Waals surface area contributed by atoms with E-state index in [9.17, 15) is 0 Å². The summed E-state index contributed by atoms with van der Waals surface area (Å²) >= 11 is 7.21. The molecule has 0 fully saturated rings. The van der Waals surface area contributed by atoms with Gasteiger partial charge in [-0.3, -0.25) is 0 Å². The number of rotatable bonds is 12. The standard InChI is InChI=1S/2C9H20.Ba.2H3O3PS.2H/c2*1-3-5-7-9-8-6-4-2;;2*1-4(2,3)5;;/h2*3-9H2,1-2H3;;2*(H3,1,2,3,5);;. The van der Waals surface area contributed by atoms with Gasteiger partial charge in [-0.2, -0.15) is 0 Å². The van der Waals surface area contributed by atoms with Gasteiger partial charge < -0.3 is 29.4 Å². The minimum absolute atomic E-state index is 0. The molecule has 6 N–H and O–H groups in total. The van der Waals surface area contributed by atoms with Crippen LogP contribution in [0.25, 0.3) is 0 Å². The van der Waals surface area contributed by atoms with Crippen LogP contribution in [-0.2, 0) is 23.6 Å². The van der Waals surface area contributed by atoms with Crippen LogP contribution in [0.2, 0.25) is 0 Å². The van der Waals surface area contributed by atoms with E-state index in [4.69, 9.17) is 29.4 Å². The molecule has 0 atom stereocenters. The first-order valence-corrected chi connectivity index (χ1v) is 15.7. The average molecular weight is 624 g/mol. The van der Waals surface area contributed by atoms with E-state index in [1.807, 2.05) is 0 Å². The molecule has 0 unspecified atom stereocenters. The molecule has 0 saturated heterocycles. The average Bonchev–Trinajstić information content (AvgIpc) is 2.52. The van der Waals surface area contributed by atoms with Gasteiger partial charge in [0.2, 0.25) is 0 Å². The molecular formula is C18H48BaO6P2S2. The molecular weight excluding hydrogens is 576 g/mol. The summed E-state index contributed by atoms with van der Waals surface area (Å²) in [5.41, 5.74) is 0. The Morgan fingerprint density at radius 2 is 0.517 bits per heavy atom. The van der Waals surface area contributed by atoms with Gasteiger partial charge in [-0.05, 0) is 23.6 Å². The first-order valence-electron chi connectivity index (χ1n) is 10.4.